The van der Waals surface area contributed by atoms with Crippen LogP contribution in [0.3, 0.4) is 0 Å². The van der Waals surface area contributed by atoms with E-state index in [4.69, 9.17) is 0 Å². The van der Waals surface area contributed by atoms with Crippen LogP contribution in [0.25, 0.3) is 5.57 Å². The van der Waals surface area contributed by atoms with Crippen molar-refractivity contribution >= 4 is 5.57 Å². The van der Waals surface area contributed by atoms with Gasteiger partial charge in [0.15, 0.2) is 0 Å². The van der Waals surface area contributed by atoms with E-state index in [9.17, 15) is 0 Å². The zero-order chi connectivity index (χ0) is 18.6. The second-order valence-corrected chi connectivity index (χ2v) is 7.91. The SMILES string of the molecule is CNC1C=C(C2=CCC(NC3C=C(c4ccccc4)C(C)C3)C=C2)C=CC1. The fraction of sp³-hybridized carbons (Fsp3) is 0.360. The Hall–Kier alpha value is -2.16. The van der Waals surface area contributed by atoms with Crippen LogP contribution in [-0.4, -0.2) is 25.2 Å². The summed E-state index contributed by atoms with van der Waals surface area (Å²) in [4.78, 5) is 0. The van der Waals surface area contributed by atoms with Crippen LogP contribution in [-0.2, 0) is 0 Å². The number of nitrogens with one attached hydrogen (secondary N) is 2. The van der Waals surface area contributed by atoms with Gasteiger partial charge in [-0.1, -0.05) is 79.8 Å². The van der Waals surface area contributed by atoms with Crippen molar-refractivity contribution in [2.75, 3.05) is 7.05 Å². The van der Waals surface area contributed by atoms with Crippen molar-refractivity contribution in [2.45, 2.75) is 44.3 Å². The zero-order valence-electron chi connectivity index (χ0n) is 16.4. The predicted octanol–water partition coefficient (Wildman–Crippen LogP) is 4.80. The molecule has 0 aromatic heterocycles. The van der Waals surface area contributed by atoms with Gasteiger partial charge in [0.05, 0.1) is 0 Å². The van der Waals surface area contributed by atoms with Gasteiger partial charge in [0, 0.05) is 18.1 Å². The van der Waals surface area contributed by atoms with Gasteiger partial charge >= 0.3 is 0 Å². The zero-order valence-corrected chi connectivity index (χ0v) is 16.4. The van der Waals surface area contributed by atoms with Crippen LogP contribution in [0.1, 0.15) is 31.7 Å². The molecule has 4 rings (SSSR count). The molecular formula is C25H30N2. The van der Waals surface area contributed by atoms with Crippen LogP contribution in [0, 0.1) is 5.92 Å². The summed E-state index contributed by atoms with van der Waals surface area (Å²) in [7, 11) is 2.03. The van der Waals surface area contributed by atoms with Gasteiger partial charge in [-0.15, -0.1) is 0 Å². The minimum Gasteiger partial charge on any atom is -0.313 e. The summed E-state index contributed by atoms with van der Waals surface area (Å²) in [5.41, 5.74) is 5.55. The summed E-state index contributed by atoms with van der Waals surface area (Å²) >= 11 is 0. The maximum Gasteiger partial charge on any atom is 0.0293 e. The van der Waals surface area contributed by atoms with E-state index < -0.39 is 0 Å². The van der Waals surface area contributed by atoms with Gasteiger partial charge in [-0.25, -0.2) is 0 Å². The molecule has 27 heavy (non-hydrogen) atoms. The highest BCUT2D eigenvalue weighted by Gasteiger charge is 2.25. The van der Waals surface area contributed by atoms with Crippen molar-refractivity contribution in [1.82, 2.24) is 10.6 Å². The highest BCUT2D eigenvalue weighted by Crippen LogP contribution is 2.34. The average Bonchev–Trinajstić information content (AvgIpc) is 3.09. The molecule has 2 nitrogen and oxygen atoms in total. The molecule has 4 atom stereocenters. The van der Waals surface area contributed by atoms with Crippen molar-refractivity contribution in [3.63, 3.8) is 0 Å². The molecule has 3 aliphatic carbocycles. The van der Waals surface area contributed by atoms with Crippen LogP contribution in [0.5, 0.6) is 0 Å². The third-order valence-electron chi connectivity index (χ3n) is 5.93. The second kappa shape index (κ2) is 8.24. The fourth-order valence-corrected chi connectivity index (χ4v) is 4.39. The molecule has 2 heteroatoms. The van der Waals surface area contributed by atoms with E-state index in [-0.39, 0.29) is 0 Å². The molecule has 0 spiro atoms. The highest BCUT2D eigenvalue weighted by atomic mass is 14.9. The van der Waals surface area contributed by atoms with Crippen molar-refractivity contribution in [3.8, 4) is 0 Å². The first-order chi connectivity index (χ1) is 13.2. The molecule has 0 saturated heterocycles. The number of hydrogen-bond acceptors (Lipinski definition) is 2. The number of rotatable bonds is 5. The number of hydrogen-bond donors (Lipinski definition) is 2. The molecule has 4 unspecified atom stereocenters. The first-order valence-electron chi connectivity index (χ1n) is 10.2. The minimum atomic E-state index is 0.422. The molecule has 0 aliphatic heterocycles. The molecule has 2 N–H and O–H groups in total. The molecule has 1 aromatic carbocycles. The number of benzene rings is 1. The Balaban J connectivity index is 1.38. The lowest BCUT2D eigenvalue weighted by molar-refractivity contribution is 0.491. The van der Waals surface area contributed by atoms with Crippen molar-refractivity contribution < 1.29 is 0 Å². The van der Waals surface area contributed by atoms with Crippen LogP contribution >= 0.6 is 0 Å². The van der Waals surface area contributed by atoms with E-state index in [1.165, 1.54) is 28.7 Å². The van der Waals surface area contributed by atoms with E-state index in [1.54, 1.807) is 0 Å². The van der Waals surface area contributed by atoms with Crippen LogP contribution in [0.2, 0.25) is 0 Å². The van der Waals surface area contributed by atoms with E-state index in [0.29, 0.717) is 24.0 Å². The summed E-state index contributed by atoms with van der Waals surface area (Å²) in [5.74, 6) is 0.611. The summed E-state index contributed by atoms with van der Waals surface area (Å²) < 4.78 is 0. The second-order valence-electron chi connectivity index (χ2n) is 7.91. The van der Waals surface area contributed by atoms with Gasteiger partial charge in [-0.3, -0.25) is 0 Å². The first-order valence-corrected chi connectivity index (χ1v) is 10.2. The van der Waals surface area contributed by atoms with Gasteiger partial charge in [0.2, 0.25) is 0 Å². The van der Waals surface area contributed by atoms with E-state index >= 15 is 0 Å². The molecule has 0 saturated carbocycles. The Kier molecular flexibility index (Phi) is 5.56. The van der Waals surface area contributed by atoms with Gasteiger partial charge in [-0.05, 0) is 54.5 Å². The molecule has 1 aromatic rings. The first kappa shape index (κ1) is 18.2. The standard InChI is InChI=1S/C25H30N2/c1-18-15-24(17-25(18)20-7-4-3-5-8-20)27-22-13-11-19(12-14-22)21-9-6-10-23(16-21)26-2/h3-9,11-13,16-18,22-24,26-27H,10,14-15H2,1-2H3. The van der Waals surface area contributed by atoms with Gasteiger partial charge in [0.1, 0.15) is 0 Å². The third kappa shape index (κ3) is 4.23. The Morgan fingerprint density at radius 3 is 2.48 bits per heavy atom. The predicted molar refractivity (Wildman–Crippen MR) is 115 cm³/mol. The quantitative estimate of drug-likeness (QED) is 0.790. The van der Waals surface area contributed by atoms with E-state index in [2.05, 4.69) is 90.4 Å². The van der Waals surface area contributed by atoms with Gasteiger partial charge < -0.3 is 10.6 Å². The largest absolute Gasteiger partial charge is 0.313 e. The number of allylic oxidation sites excluding steroid dienone is 5. The van der Waals surface area contributed by atoms with Crippen LogP contribution < -0.4 is 10.6 Å². The lowest BCUT2D eigenvalue weighted by atomic mass is 9.92. The molecule has 0 radical (unpaired) electrons. The van der Waals surface area contributed by atoms with E-state index in [1.807, 2.05) is 7.05 Å². The lowest BCUT2D eigenvalue weighted by Crippen LogP contribution is -2.35. The van der Waals surface area contributed by atoms with Crippen molar-refractivity contribution in [2.24, 2.45) is 5.92 Å². The lowest BCUT2D eigenvalue weighted by Gasteiger charge is -2.23. The smallest absolute Gasteiger partial charge is 0.0293 e. The highest BCUT2D eigenvalue weighted by molar-refractivity contribution is 5.70. The molecular weight excluding hydrogens is 328 g/mol. The summed E-state index contributed by atoms with van der Waals surface area (Å²) in [6.07, 6.45) is 19.6. The van der Waals surface area contributed by atoms with Gasteiger partial charge in [-0.2, -0.15) is 0 Å². The van der Waals surface area contributed by atoms with Crippen LogP contribution in [0.4, 0.5) is 0 Å². The molecule has 0 heterocycles. The monoisotopic (exact) mass is 358 g/mol. The molecule has 0 amide bonds. The average molecular weight is 359 g/mol. The Bertz CT molecular complexity index is 810. The Labute approximate surface area is 163 Å². The van der Waals surface area contributed by atoms with Crippen molar-refractivity contribution in [1.29, 1.82) is 0 Å². The van der Waals surface area contributed by atoms with E-state index in [0.717, 1.165) is 12.8 Å². The minimum absolute atomic E-state index is 0.422. The van der Waals surface area contributed by atoms with Gasteiger partial charge in [0.25, 0.3) is 0 Å². The number of likely N-dealkylation sites (N-methyl/N-ethyl adjacent to an activating group) is 1. The summed E-state index contributed by atoms with van der Waals surface area (Å²) in [6.45, 7) is 2.34. The normalized spacial score (nSPS) is 30.1. The summed E-state index contributed by atoms with van der Waals surface area (Å²) in [5, 5.41) is 7.19. The maximum absolute atomic E-state index is 3.83. The maximum atomic E-state index is 3.83. The fourth-order valence-electron chi connectivity index (χ4n) is 4.39. The third-order valence-corrected chi connectivity index (χ3v) is 5.93. The molecule has 0 fully saturated rings. The Morgan fingerprint density at radius 1 is 0.889 bits per heavy atom. The van der Waals surface area contributed by atoms with Crippen LogP contribution in [0.15, 0.2) is 84.0 Å². The molecule has 140 valence electrons. The Morgan fingerprint density at radius 2 is 1.74 bits per heavy atom. The topological polar surface area (TPSA) is 24.1 Å². The summed E-state index contributed by atoms with van der Waals surface area (Å²) in [6, 6.07) is 12.1. The van der Waals surface area contributed by atoms with Crippen molar-refractivity contribution in [3.05, 3.63) is 89.6 Å². The molecule has 3 aliphatic rings. The molecule has 0 bridgehead atoms.